The summed E-state index contributed by atoms with van der Waals surface area (Å²) in [6.45, 7) is 3.00. The summed E-state index contributed by atoms with van der Waals surface area (Å²) < 4.78 is 5.52. The lowest BCUT2D eigenvalue weighted by Crippen LogP contribution is -2.44. The van der Waals surface area contributed by atoms with Crippen molar-refractivity contribution in [2.75, 3.05) is 7.11 Å². The van der Waals surface area contributed by atoms with Crippen LogP contribution >= 0.6 is 0 Å². The van der Waals surface area contributed by atoms with E-state index < -0.39 is 29.5 Å². The molecule has 0 spiro atoms. The monoisotopic (exact) mass is 304 g/mol. The second-order valence-electron chi connectivity index (χ2n) is 4.79. The number of fused-ring (bicyclic) bond motifs is 1. The van der Waals surface area contributed by atoms with Crippen molar-refractivity contribution in [3.63, 3.8) is 0 Å². The summed E-state index contributed by atoms with van der Waals surface area (Å²) in [6, 6.07) is 5.01. The summed E-state index contributed by atoms with van der Waals surface area (Å²) in [6.07, 6.45) is 0. The lowest BCUT2D eigenvalue weighted by molar-refractivity contribution is -0.144. The van der Waals surface area contributed by atoms with Crippen LogP contribution in [0, 0.1) is 0 Å². The highest BCUT2D eigenvalue weighted by atomic mass is 16.5. The van der Waals surface area contributed by atoms with Gasteiger partial charge in [-0.15, -0.1) is 5.10 Å². The van der Waals surface area contributed by atoms with Gasteiger partial charge in [-0.2, -0.15) is 4.68 Å². The predicted molar refractivity (Wildman–Crippen MR) is 78.1 cm³/mol. The van der Waals surface area contributed by atoms with Crippen LogP contribution in [0.25, 0.3) is 10.9 Å². The Morgan fingerprint density at radius 3 is 2.64 bits per heavy atom. The Balaban J connectivity index is 2.28. The molecule has 8 nitrogen and oxygen atoms in total. The Hall–Kier alpha value is -2.77. The fraction of sp³-hybridized carbons (Fsp3) is 0.357. The number of aromatic nitrogens is 3. The third-order valence-corrected chi connectivity index (χ3v) is 3.25. The predicted octanol–water partition coefficient (Wildman–Crippen LogP) is 0.0302. The zero-order valence-corrected chi connectivity index (χ0v) is 12.4. The molecule has 22 heavy (non-hydrogen) atoms. The Morgan fingerprint density at radius 2 is 1.95 bits per heavy atom. The molecule has 0 radical (unpaired) electrons. The molecule has 0 fully saturated rings. The van der Waals surface area contributed by atoms with Gasteiger partial charge in [-0.1, -0.05) is 17.3 Å². The van der Waals surface area contributed by atoms with Gasteiger partial charge in [0, 0.05) is 0 Å². The van der Waals surface area contributed by atoms with Gasteiger partial charge in [0.05, 0.1) is 12.5 Å². The van der Waals surface area contributed by atoms with Crippen LogP contribution in [0.3, 0.4) is 0 Å². The molecule has 0 aliphatic heterocycles. The molecular formula is C14H16N4O4. The van der Waals surface area contributed by atoms with Crippen LogP contribution in [-0.4, -0.2) is 40.0 Å². The quantitative estimate of drug-likeness (QED) is 0.799. The van der Waals surface area contributed by atoms with E-state index in [0.717, 1.165) is 4.68 Å². The molecule has 2 aromatic rings. The van der Waals surface area contributed by atoms with E-state index in [-0.39, 0.29) is 0 Å². The molecule has 0 bridgehead atoms. The molecule has 8 heteroatoms. The van der Waals surface area contributed by atoms with E-state index in [4.69, 9.17) is 0 Å². The summed E-state index contributed by atoms with van der Waals surface area (Å²) in [5.41, 5.74) is 0.0401. The Labute approximate surface area is 126 Å². The first-order valence-electron chi connectivity index (χ1n) is 6.68. The van der Waals surface area contributed by atoms with Crippen LogP contribution in [0.15, 0.2) is 29.1 Å². The molecular weight excluding hydrogens is 288 g/mol. The first-order chi connectivity index (χ1) is 10.5. The molecule has 2 atom stereocenters. The number of hydrogen-bond donors (Lipinski definition) is 1. The van der Waals surface area contributed by atoms with Crippen LogP contribution in [0.2, 0.25) is 0 Å². The van der Waals surface area contributed by atoms with Crippen molar-refractivity contribution in [1.82, 2.24) is 20.3 Å². The van der Waals surface area contributed by atoms with Gasteiger partial charge in [-0.3, -0.25) is 9.59 Å². The minimum atomic E-state index is -0.906. The van der Waals surface area contributed by atoms with Crippen molar-refractivity contribution in [2.24, 2.45) is 0 Å². The molecule has 0 saturated heterocycles. The third-order valence-electron chi connectivity index (χ3n) is 3.25. The SMILES string of the molecule is COC(=O)[C@@H](C)NC(=O)[C@@H](C)n1nnc2ccccc2c1=O. The molecule has 116 valence electrons. The summed E-state index contributed by atoms with van der Waals surface area (Å²) >= 11 is 0. The number of nitrogens with one attached hydrogen (secondary N) is 1. The van der Waals surface area contributed by atoms with Crippen LogP contribution in [0.5, 0.6) is 0 Å². The molecule has 0 aliphatic carbocycles. The van der Waals surface area contributed by atoms with Crippen molar-refractivity contribution in [2.45, 2.75) is 25.9 Å². The van der Waals surface area contributed by atoms with E-state index >= 15 is 0 Å². The Kier molecular flexibility index (Phi) is 4.50. The summed E-state index contributed by atoms with van der Waals surface area (Å²) in [4.78, 5) is 35.8. The van der Waals surface area contributed by atoms with Gasteiger partial charge in [0.1, 0.15) is 17.6 Å². The van der Waals surface area contributed by atoms with E-state index in [2.05, 4.69) is 20.4 Å². The lowest BCUT2D eigenvalue weighted by Gasteiger charge is -2.16. The maximum absolute atomic E-state index is 12.3. The second-order valence-corrected chi connectivity index (χ2v) is 4.79. The first-order valence-corrected chi connectivity index (χ1v) is 6.68. The maximum atomic E-state index is 12.3. The van der Waals surface area contributed by atoms with E-state index in [9.17, 15) is 14.4 Å². The van der Waals surface area contributed by atoms with Crippen LogP contribution in [-0.2, 0) is 14.3 Å². The molecule has 2 rings (SSSR count). The zero-order chi connectivity index (χ0) is 16.3. The number of carbonyl (C=O) groups excluding carboxylic acids is 2. The Morgan fingerprint density at radius 1 is 1.27 bits per heavy atom. The number of hydrogen-bond acceptors (Lipinski definition) is 6. The molecule has 1 aromatic carbocycles. The van der Waals surface area contributed by atoms with Crippen molar-refractivity contribution < 1.29 is 14.3 Å². The summed E-state index contributed by atoms with van der Waals surface area (Å²) in [5.74, 6) is -1.10. The zero-order valence-electron chi connectivity index (χ0n) is 12.4. The number of esters is 1. The van der Waals surface area contributed by atoms with E-state index in [0.29, 0.717) is 10.9 Å². The largest absolute Gasteiger partial charge is 0.467 e. The number of amides is 1. The number of benzene rings is 1. The van der Waals surface area contributed by atoms with E-state index in [1.54, 1.807) is 24.3 Å². The maximum Gasteiger partial charge on any atom is 0.328 e. The second kappa shape index (κ2) is 6.33. The summed E-state index contributed by atoms with van der Waals surface area (Å²) in [7, 11) is 1.23. The Bertz CT molecular complexity index is 771. The molecule has 0 saturated carbocycles. The summed E-state index contributed by atoms with van der Waals surface area (Å²) in [5, 5.41) is 10.5. The molecule has 1 heterocycles. The number of ether oxygens (including phenoxy) is 1. The topological polar surface area (TPSA) is 103 Å². The third kappa shape index (κ3) is 2.95. The smallest absolute Gasteiger partial charge is 0.328 e. The number of carbonyl (C=O) groups is 2. The highest BCUT2D eigenvalue weighted by Crippen LogP contribution is 2.07. The molecule has 1 aromatic heterocycles. The van der Waals surface area contributed by atoms with Gasteiger partial charge in [-0.25, -0.2) is 4.79 Å². The average Bonchev–Trinajstić information content (AvgIpc) is 2.53. The van der Waals surface area contributed by atoms with Crippen molar-refractivity contribution in [1.29, 1.82) is 0 Å². The highest BCUT2D eigenvalue weighted by Gasteiger charge is 2.23. The van der Waals surface area contributed by atoms with Crippen LogP contribution in [0.4, 0.5) is 0 Å². The van der Waals surface area contributed by atoms with Crippen LogP contribution in [0.1, 0.15) is 19.9 Å². The van der Waals surface area contributed by atoms with Crippen molar-refractivity contribution >= 4 is 22.8 Å². The van der Waals surface area contributed by atoms with Gasteiger partial charge < -0.3 is 10.1 Å². The van der Waals surface area contributed by atoms with Gasteiger partial charge in [0.15, 0.2) is 0 Å². The minimum absolute atomic E-state index is 0.373. The molecule has 0 aliphatic rings. The molecule has 1 amide bonds. The fourth-order valence-corrected chi connectivity index (χ4v) is 1.94. The standard InChI is InChI=1S/C14H16N4O4/c1-8(14(21)22-3)15-12(19)9(2)18-13(20)10-6-4-5-7-11(10)16-17-18/h4-9H,1-3H3,(H,15,19)/t8-,9-/m1/s1. The normalized spacial score (nSPS) is 13.4. The number of nitrogens with zero attached hydrogens (tertiary/aromatic N) is 3. The van der Waals surface area contributed by atoms with E-state index in [1.165, 1.54) is 21.0 Å². The number of rotatable bonds is 4. The molecule has 1 N–H and O–H groups in total. The van der Waals surface area contributed by atoms with Crippen molar-refractivity contribution in [3.8, 4) is 0 Å². The lowest BCUT2D eigenvalue weighted by atomic mass is 10.2. The van der Waals surface area contributed by atoms with Gasteiger partial charge >= 0.3 is 5.97 Å². The van der Waals surface area contributed by atoms with Crippen LogP contribution < -0.4 is 10.9 Å². The van der Waals surface area contributed by atoms with E-state index in [1.807, 2.05) is 0 Å². The molecule has 0 unspecified atom stereocenters. The van der Waals surface area contributed by atoms with Gasteiger partial charge in [0.25, 0.3) is 5.56 Å². The van der Waals surface area contributed by atoms with Crippen molar-refractivity contribution in [3.05, 3.63) is 34.6 Å². The fourth-order valence-electron chi connectivity index (χ4n) is 1.94. The highest BCUT2D eigenvalue weighted by molar-refractivity contribution is 5.86. The average molecular weight is 304 g/mol. The minimum Gasteiger partial charge on any atom is -0.467 e. The number of methoxy groups -OCH3 is 1. The van der Waals surface area contributed by atoms with Gasteiger partial charge in [0.2, 0.25) is 5.91 Å². The first kappa shape index (κ1) is 15.6. The van der Waals surface area contributed by atoms with Gasteiger partial charge in [-0.05, 0) is 26.0 Å².